The molecular weight excluding hydrogens is 208 g/mol. The van der Waals surface area contributed by atoms with Crippen molar-refractivity contribution in [2.45, 2.75) is 71.9 Å². The van der Waals surface area contributed by atoms with Gasteiger partial charge in [0.1, 0.15) is 0 Å². The summed E-state index contributed by atoms with van der Waals surface area (Å²) in [6.07, 6.45) is 5.25. The molecule has 2 unspecified atom stereocenters. The summed E-state index contributed by atoms with van der Waals surface area (Å²) < 4.78 is 0. The fourth-order valence-corrected chi connectivity index (χ4v) is 3.57. The number of hydrogen-bond donors (Lipinski definition) is 1. The third-order valence-electron chi connectivity index (χ3n) is 5.49. The van der Waals surface area contributed by atoms with Gasteiger partial charge in [-0.05, 0) is 38.1 Å². The van der Waals surface area contributed by atoms with Crippen molar-refractivity contribution in [1.29, 1.82) is 0 Å². The molecule has 0 radical (unpaired) electrons. The molecule has 0 amide bonds. The molecule has 2 heteroatoms. The predicted molar refractivity (Wildman–Crippen MR) is 76.1 cm³/mol. The van der Waals surface area contributed by atoms with E-state index in [1.165, 1.54) is 25.7 Å². The Balaban J connectivity index is 3.01. The van der Waals surface area contributed by atoms with Crippen molar-refractivity contribution in [3.05, 3.63) is 0 Å². The first-order chi connectivity index (χ1) is 7.78. The second-order valence-electron chi connectivity index (χ2n) is 6.92. The normalized spacial score (nSPS) is 30.9. The summed E-state index contributed by atoms with van der Waals surface area (Å²) in [5.41, 5.74) is 6.73. The van der Waals surface area contributed by atoms with E-state index in [9.17, 15) is 0 Å². The molecule has 102 valence electrons. The van der Waals surface area contributed by atoms with Crippen LogP contribution >= 0.6 is 0 Å². The van der Waals surface area contributed by atoms with Gasteiger partial charge in [-0.3, -0.25) is 4.90 Å². The zero-order chi connectivity index (χ0) is 13.3. The third kappa shape index (κ3) is 2.53. The Labute approximate surface area is 108 Å². The molecule has 0 aliphatic heterocycles. The highest BCUT2D eigenvalue weighted by Crippen LogP contribution is 2.47. The molecule has 0 spiro atoms. The van der Waals surface area contributed by atoms with Gasteiger partial charge >= 0.3 is 0 Å². The smallest absolute Gasteiger partial charge is 0.0382 e. The Bertz CT molecular complexity index is 247. The average Bonchev–Trinajstić information content (AvgIpc) is 2.27. The molecule has 2 nitrogen and oxygen atoms in total. The predicted octanol–water partition coefficient (Wildman–Crippen LogP) is 3.26. The minimum Gasteiger partial charge on any atom is -0.329 e. The zero-order valence-corrected chi connectivity index (χ0v) is 12.7. The summed E-state index contributed by atoms with van der Waals surface area (Å²) in [6.45, 7) is 12.5. The van der Waals surface area contributed by atoms with E-state index in [4.69, 9.17) is 5.73 Å². The molecule has 0 bridgehead atoms. The average molecular weight is 240 g/mol. The van der Waals surface area contributed by atoms with Crippen LogP contribution in [0.3, 0.4) is 0 Å². The van der Waals surface area contributed by atoms with Crippen molar-refractivity contribution >= 4 is 0 Å². The van der Waals surface area contributed by atoms with E-state index in [0.29, 0.717) is 17.4 Å². The summed E-state index contributed by atoms with van der Waals surface area (Å²) in [5, 5.41) is 0. The minimum atomic E-state index is 0.189. The van der Waals surface area contributed by atoms with Crippen molar-refractivity contribution in [1.82, 2.24) is 4.90 Å². The lowest BCUT2D eigenvalue weighted by molar-refractivity contribution is -0.0569. The van der Waals surface area contributed by atoms with Crippen molar-refractivity contribution in [3.63, 3.8) is 0 Å². The zero-order valence-electron chi connectivity index (χ0n) is 12.7. The molecule has 1 fully saturated rings. The van der Waals surface area contributed by atoms with E-state index in [0.717, 1.165) is 6.54 Å². The molecule has 0 heterocycles. The van der Waals surface area contributed by atoms with Gasteiger partial charge in [0.2, 0.25) is 0 Å². The molecule has 2 atom stereocenters. The van der Waals surface area contributed by atoms with Crippen LogP contribution in [0.25, 0.3) is 0 Å². The van der Waals surface area contributed by atoms with Crippen LogP contribution in [0.15, 0.2) is 0 Å². The highest BCUT2D eigenvalue weighted by atomic mass is 15.2. The Morgan fingerprint density at radius 1 is 1.12 bits per heavy atom. The second kappa shape index (κ2) is 5.27. The van der Waals surface area contributed by atoms with Gasteiger partial charge in [-0.15, -0.1) is 0 Å². The van der Waals surface area contributed by atoms with Gasteiger partial charge in [-0.25, -0.2) is 0 Å². The van der Waals surface area contributed by atoms with Crippen LogP contribution in [0, 0.1) is 11.3 Å². The largest absolute Gasteiger partial charge is 0.329 e. The number of hydrogen-bond acceptors (Lipinski definition) is 2. The van der Waals surface area contributed by atoms with E-state index in [1.807, 2.05) is 0 Å². The first kappa shape index (κ1) is 15.0. The van der Waals surface area contributed by atoms with Gasteiger partial charge in [0, 0.05) is 18.1 Å². The maximum Gasteiger partial charge on any atom is 0.0382 e. The maximum absolute atomic E-state index is 6.21. The lowest BCUT2D eigenvalue weighted by atomic mass is 9.62. The standard InChI is InChI=1S/C15H32N2/c1-12(2)13(3)17(6)15(11-16)10-8-7-9-14(15,4)5/h12-13H,7-11,16H2,1-6H3. The van der Waals surface area contributed by atoms with Crippen LogP contribution in [0.4, 0.5) is 0 Å². The molecule has 1 rings (SSSR count). The van der Waals surface area contributed by atoms with Gasteiger partial charge in [0.15, 0.2) is 0 Å². The van der Waals surface area contributed by atoms with E-state index < -0.39 is 0 Å². The van der Waals surface area contributed by atoms with Crippen LogP contribution < -0.4 is 5.73 Å². The van der Waals surface area contributed by atoms with Crippen molar-refractivity contribution < 1.29 is 0 Å². The summed E-state index contributed by atoms with van der Waals surface area (Å²) in [6, 6.07) is 0.593. The molecule has 0 saturated heterocycles. The van der Waals surface area contributed by atoms with E-state index >= 15 is 0 Å². The lowest BCUT2D eigenvalue weighted by Crippen LogP contribution is -2.65. The van der Waals surface area contributed by atoms with Crippen molar-refractivity contribution in [2.24, 2.45) is 17.1 Å². The fourth-order valence-electron chi connectivity index (χ4n) is 3.57. The molecule has 0 aromatic carbocycles. The van der Waals surface area contributed by atoms with Gasteiger partial charge in [-0.2, -0.15) is 0 Å². The van der Waals surface area contributed by atoms with Gasteiger partial charge in [0.25, 0.3) is 0 Å². The fraction of sp³-hybridized carbons (Fsp3) is 1.00. The SMILES string of the molecule is CC(C)C(C)N(C)C1(CN)CCCCC1(C)C. The molecule has 17 heavy (non-hydrogen) atoms. The summed E-state index contributed by atoms with van der Waals surface area (Å²) in [5.74, 6) is 0.682. The highest BCUT2D eigenvalue weighted by molar-refractivity contribution is 5.05. The quantitative estimate of drug-likeness (QED) is 0.817. The second-order valence-corrected chi connectivity index (χ2v) is 6.92. The topological polar surface area (TPSA) is 29.3 Å². The maximum atomic E-state index is 6.21. The number of nitrogens with two attached hydrogens (primary N) is 1. The summed E-state index contributed by atoms with van der Waals surface area (Å²) >= 11 is 0. The molecular formula is C15H32N2. The van der Waals surface area contributed by atoms with Crippen LogP contribution in [0.5, 0.6) is 0 Å². The van der Waals surface area contributed by atoms with Crippen LogP contribution in [0.1, 0.15) is 60.3 Å². The first-order valence-electron chi connectivity index (χ1n) is 7.21. The van der Waals surface area contributed by atoms with Gasteiger partial charge in [0.05, 0.1) is 0 Å². The minimum absolute atomic E-state index is 0.189. The van der Waals surface area contributed by atoms with E-state index in [-0.39, 0.29) is 5.54 Å². The van der Waals surface area contributed by atoms with Gasteiger partial charge in [-0.1, -0.05) is 40.5 Å². The van der Waals surface area contributed by atoms with E-state index in [2.05, 4.69) is 46.6 Å². The highest BCUT2D eigenvalue weighted by Gasteiger charge is 2.49. The van der Waals surface area contributed by atoms with Crippen molar-refractivity contribution in [3.8, 4) is 0 Å². The van der Waals surface area contributed by atoms with Crippen molar-refractivity contribution in [2.75, 3.05) is 13.6 Å². The molecule has 1 aliphatic rings. The van der Waals surface area contributed by atoms with Crippen LogP contribution in [-0.2, 0) is 0 Å². The molecule has 1 aliphatic carbocycles. The lowest BCUT2D eigenvalue weighted by Gasteiger charge is -2.57. The summed E-state index contributed by atoms with van der Waals surface area (Å²) in [7, 11) is 2.28. The molecule has 0 aromatic heterocycles. The van der Waals surface area contributed by atoms with E-state index in [1.54, 1.807) is 0 Å². The number of likely N-dealkylation sites (N-methyl/N-ethyl adjacent to an activating group) is 1. The number of nitrogens with zero attached hydrogens (tertiary/aromatic N) is 1. The Kier molecular flexibility index (Phi) is 4.65. The number of rotatable bonds is 4. The molecule has 0 aromatic rings. The Morgan fingerprint density at radius 3 is 2.06 bits per heavy atom. The van der Waals surface area contributed by atoms with Crippen LogP contribution in [-0.4, -0.2) is 30.1 Å². The monoisotopic (exact) mass is 240 g/mol. The van der Waals surface area contributed by atoms with Crippen LogP contribution in [0.2, 0.25) is 0 Å². The summed E-state index contributed by atoms with van der Waals surface area (Å²) in [4.78, 5) is 2.58. The molecule has 2 N–H and O–H groups in total. The van der Waals surface area contributed by atoms with Gasteiger partial charge < -0.3 is 5.73 Å². The first-order valence-corrected chi connectivity index (χ1v) is 7.21. The molecule has 1 saturated carbocycles. The third-order valence-corrected chi connectivity index (χ3v) is 5.49. The Hall–Kier alpha value is -0.0800. The Morgan fingerprint density at radius 2 is 1.65 bits per heavy atom.